The van der Waals surface area contributed by atoms with Crippen LogP contribution in [0.1, 0.15) is 32.6 Å². The molecule has 0 spiro atoms. The molecule has 0 aliphatic heterocycles. The first-order chi connectivity index (χ1) is 10.4. The van der Waals surface area contributed by atoms with Gasteiger partial charge in [-0.15, -0.1) is 0 Å². The van der Waals surface area contributed by atoms with E-state index in [0.29, 0.717) is 13.2 Å². The summed E-state index contributed by atoms with van der Waals surface area (Å²) in [4.78, 5) is 0. The molecular formula is C18H27NO2. The number of nitrogens with one attached hydrogen (secondary N) is 1. The monoisotopic (exact) mass is 289 g/mol. The SMILES string of the molecule is CCOc1ccccc1OCCNCC(C1CC1)C1CC1. The maximum absolute atomic E-state index is 5.84. The normalized spacial score (nSPS) is 18.0. The van der Waals surface area contributed by atoms with Crippen molar-refractivity contribution >= 4 is 0 Å². The second kappa shape index (κ2) is 7.17. The minimum Gasteiger partial charge on any atom is -0.490 e. The lowest BCUT2D eigenvalue weighted by molar-refractivity contribution is 0.270. The van der Waals surface area contributed by atoms with Crippen LogP contribution in [0.25, 0.3) is 0 Å². The second-order valence-corrected chi connectivity index (χ2v) is 6.27. The first-order valence-corrected chi connectivity index (χ1v) is 8.44. The molecule has 0 saturated heterocycles. The van der Waals surface area contributed by atoms with E-state index < -0.39 is 0 Å². The van der Waals surface area contributed by atoms with Crippen molar-refractivity contribution in [2.75, 3.05) is 26.3 Å². The van der Waals surface area contributed by atoms with Crippen molar-refractivity contribution in [1.82, 2.24) is 5.32 Å². The van der Waals surface area contributed by atoms with Crippen LogP contribution in [0.2, 0.25) is 0 Å². The standard InChI is InChI=1S/C18H27NO2/c1-2-20-17-5-3-4-6-18(17)21-12-11-19-13-16(14-7-8-14)15-9-10-15/h3-6,14-16,19H,2,7-13H2,1H3. The van der Waals surface area contributed by atoms with E-state index >= 15 is 0 Å². The van der Waals surface area contributed by atoms with Crippen molar-refractivity contribution < 1.29 is 9.47 Å². The Hall–Kier alpha value is -1.22. The van der Waals surface area contributed by atoms with Crippen LogP contribution in [0.15, 0.2) is 24.3 Å². The number of ether oxygens (including phenoxy) is 2. The predicted octanol–water partition coefficient (Wildman–Crippen LogP) is 3.49. The first-order valence-electron chi connectivity index (χ1n) is 8.44. The summed E-state index contributed by atoms with van der Waals surface area (Å²) in [5.41, 5.74) is 0. The molecule has 1 aromatic carbocycles. The predicted molar refractivity (Wildman–Crippen MR) is 84.9 cm³/mol. The zero-order chi connectivity index (χ0) is 14.5. The van der Waals surface area contributed by atoms with Crippen molar-refractivity contribution in [1.29, 1.82) is 0 Å². The van der Waals surface area contributed by atoms with Gasteiger partial charge in [-0.1, -0.05) is 12.1 Å². The summed E-state index contributed by atoms with van der Waals surface area (Å²) in [6, 6.07) is 7.90. The molecule has 0 atom stereocenters. The largest absolute Gasteiger partial charge is 0.490 e. The average molecular weight is 289 g/mol. The van der Waals surface area contributed by atoms with Crippen molar-refractivity contribution in [2.45, 2.75) is 32.6 Å². The van der Waals surface area contributed by atoms with Crippen LogP contribution in [-0.2, 0) is 0 Å². The van der Waals surface area contributed by atoms with Gasteiger partial charge in [-0.05, 0) is 69.0 Å². The van der Waals surface area contributed by atoms with Crippen molar-refractivity contribution in [3.8, 4) is 11.5 Å². The lowest BCUT2D eigenvalue weighted by Crippen LogP contribution is -2.29. The van der Waals surface area contributed by atoms with Crippen LogP contribution in [0.4, 0.5) is 0 Å². The molecule has 3 nitrogen and oxygen atoms in total. The van der Waals surface area contributed by atoms with Gasteiger partial charge in [0.1, 0.15) is 6.61 Å². The molecule has 2 saturated carbocycles. The maximum atomic E-state index is 5.84. The highest BCUT2D eigenvalue weighted by atomic mass is 16.5. The Morgan fingerprint density at radius 1 is 1.05 bits per heavy atom. The summed E-state index contributed by atoms with van der Waals surface area (Å²) < 4.78 is 11.4. The number of hydrogen-bond acceptors (Lipinski definition) is 3. The summed E-state index contributed by atoms with van der Waals surface area (Å²) >= 11 is 0. The lowest BCUT2D eigenvalue weighted by Gasteiger charge is -2.17. The molecule has 2 fully saturated rings. The van der Waals surface area contributed by atoms with Gasteiger partial charge in [0, 0.05) is 6.54 Å². The Labute approximate surface area is 128 Å². The maximum Gasteiger partial charge on any atom is 0.161 e. The number of benzene rings is 1. The van der Waals surface area contributed by atoms with E-state index in [2.05, 4.69) is 5.32 Å². The minimum atomic E-state index is 0.670. The van der Waals surface area contributed by atoms with Gasteiger partial charge in [-0.2, -0.15) is 0 Å². The molecule has 0 amide bonds. The molecule has 0 aromatic heterocycles. The van der Waals surface area contributed by atoms with E-state index in [1.807, 2.05) is 31.2 Å². The Morgan fingerprint density at radius 2 is 1.67 bits per heavy atom. The fourth-order valence-electron chi connectivity index (χ4n) is 3.11. The van der Waals surface area contributed by atoms with E-state index in [-0.39, 0.29) is 0 Å². The fraction of sp³-hybridized carbons (Fsp3) is 0.667. The van der Waals surface area contributed by atoms with E-state index in [0.717, 1.165) is 35.8 Å². The third kappa shape index (κ3) is 4.37. The highest BCUT2D eigenvalue weighted by Crippen LogP contribution is 2.48. The van der Waals surface area contributed by atoms with Crippen LogP contribution >= 0.6 is 0 Å². The van der Waals surface area contributed by atoms with E-state index in [1.165, 1.54) is 32.2 Å². The van der Waals surface area contributed by atoms with Gasteiger partial charge in [-0.3, -0.25) is 0 Å². The molecule has 3 heteroatoms. The second-order valence-electron chi connectivity index (χ2n) is 6.27. The molecule has 0 radical (unpaired) electrons. The lowest BCUT2D eigenvalue weighted by atomic mass is 9.98. The molecule has 0 unspecified atom stereocenters. The minimum absolute atomic E-state index is 0.670. The third-order valence-electron chi connectivity index (χ3n) is 4.52. The van der Waals surface area contributed by atoms with Crippen LogP contribution in [0.5, 0.6) is 11.5 Å². The van der Waals surface area contributed by atoms with Gasteiger partial charge < -0.3 is 14.8 Å². The topological polar surface area (TPSA) is 30.5 Å². The quantitative estimate of drug-likeness (QED) is 0.669. The molecule has 116 valence electrons. The third-order valence-corrected chi connectivity index (χ3v) is 4.52. The summed E-state index contributed by atoms with van der Waals surface area (Å²) in [6.07, 6.45) is 5.84. The molecule has 0 heterocycles. The Kier molecular flexibility index (Phi) is 5.02. The van der Waals surface area contributed by atoms with Gasteiger partial charge in [0.2, 0.25) is 0 Å². The van der Waals surface area contributed by atoms with E-state index in [4.69, 9.17) is 9.47 Å². The van der Waals surface area contributed by atoms with Crippen LogP contribution < -0.4 is 14.8 Å². The highest BCUT2D eigenvalue weighted by Gasteiger charge is 2.40. The van der Waals surface area contributed by atoms with Crippen molar-refractivity contribution in [3.05, 3.63) is 24.3 Å². The van der Waals surface area contributed by atoms with E-state index in [9.17, 15) is 0 Å². The van der Waals surface area contributed by atoms with Crippen molar-refractivity contribution in [2.24, 2.45) is 17.8 Å². The Bertz CT molecular complexity index is 429. The van der Waals surface area contributed by atoms with Gasteiger partial charge in [0.25, 0.3) is 0 Å². The summed E-state index contributed by atoms with van der Waals surface area (Å²) in [7, 11) is 0. The fourth-order valence-corrected chi connectivity index (χ4v) is 3.11. The number of para-hydroxylation sites is 2. The molecule has 3 rings (SSSR count). The molecular weight excluding hydrogens is 262 g/mol. The number of rotatable bonds is 10. The van der Waals surface area contributed by atoms with Crippen LogP contribution in [-0.4, -0.2) is 26.3 Å². The van der Waals surface area contributed by atoms with Gasteiger partial charge in [0.15, 0.2) is 11.5 Å². The molecule has 2 aliphatic carbocycles. The van der Waals surface area contributed by atoms with Gasteiger partial charge >= 0.3 is 0 Å². The van der Waals surface area contributed by atoms with Crippen LogP contribution in [0, 0.1) is 17.8 Å². The average Bonchev–Trinajstić information content (AvgIpc) is 3.38. The van der Waals surface area contributed by atoms with Crippen molar-refractivity contribution in [3.63, 3.8) is 0 Å². The molecule has 1 N–H and O–H groups in total. The summed E-state index contributed by atoms with van der Waals surface area (Å²) in [6.45, 7) is 5.45. The Balaban J connectivity index is 1.36. The Morgan fingerprint density at radius 3 is 2.24 bits per heavy atom. The molecule has 21 heavy (non-hydrogen) atoms. The highest BCUT2D eigenvalue weighted by molar-refractivity contribution is 5.39. The molecule has 1 aromatic rings. The zero-order valence-corrected chi connectivity index (χ0v) is 13.0. The molecule has 2 aliphatic rings. The van der Waals surface area contributed by atoms with Gasteiger partial charge in [0.05, 0.1) is 6.61 Å². The number of hydrogen-bond donors (Lipinski definition) is 1. The first kappa shape index (κ1) is 14.7. The summed E-state index contributed by atoms with van der Waals surface area (Å²) in [5, 5.41) is 3.58. The van der Waals surface area contributed by atoms with E-state index in [1.54, 1.807) is 0 Å². The zero-order valence-electron chi connectivity index (χ0n) is 13.0. The molecule has 0 bridgehead atoms. The summed E-state index contributed by atoms with van der Waals surface area (Å²) in [5.74, 6) is 4.66. The van der Waals surface area contributed by atoms with Gasteiger partial charge in [-0.25, -0.2) is 0 Å². The van der Waals surface area contributed by atoms with Crippen LogP contribution in [0.3, 0.4) is 0 Å². The smallest absolute Gasteiger partial charge is 0.161 e.